The van der Waals surface area contributed by atoms with E-state index in [4.69, 9.17) is 15.6 Å². The van der Waals surface area contributed by atoms with Crippen molar-refractivity contribution in [3.8, 4) is 0 Å². The van der Waals surface area contributed by atoms with Crippen molar-refractivity contribution in [3.05, 3.63) is 0 Å². The highest BCUT2D eigenvalue weighted by atomic mass is 32.2. The number of carboxylic acid groups (broad SMARTS) is 1. The van der Waals surface area contributed by atoms with Crippen molar-refractivity contribution in [1.82, 2.24) is 0 Å². The van der Waals surface area contributed by atoms with E-state index in [9.17, 15) is 9.00 Å². The number of rotatable bonds is 4. The maximum Gasteiger partial charge on any atom is 0.320 e. The number of nitrogens with one attached hydrogen (secondary N) is 1. The summed E-state index contributed by atoms with van der Waals surface area (Å²) in [7, 11) is -2.06. The summed E-state index contributed by atoms with van der Waals surface area (Å²) in [5, 5.41) is 7.88. The summed E-state index contributed by atoms with van der Waals surface area (Å²) in [6.07, 6.45) is 0.0913. The molecule has 0 aliphatic rings. The molecule has 0 amide bonds. The van der Waals surface area contributed by atoms with Crippen LogP contribution in [0.2, 0.25) is 0 Å². The van der Waals surface area contributed by atoms with Gasteiger partial charge in [0.05, 0.1) is 0 Å². The Hall–Kier alpha value is -0.620. The van der Waals surface area contributed by atoms with Gasteiger partial charge in [-0.2, -0.15) is 0 Å². The third-order valence-corrected chi connectivity index (χ3v) is 2.32. The fraction of sp³-hybridized carbons (Fsp3) is 0.800. The van der Waals surface area contributed by atoms with Crippen molar-refractivity contribution in [1.29, 1.82) is 4.78 Å². The van der Waals surface area contributed by atoms with Gasteiger partial charge in [0.2, 0.25) is 0 Å². The van der Waals surface area contributed by atoms with Gasteiger partial charge in [-0.05, 0) is 6.42 Å². The van der Waals surface area contributed by atoms with E-state index < -0.39 is 27.9 Å². The predicted molar refractivity (Wildman–Crippen MR) is 41.9 cm³/mol. The Morgan fingerprint density at radius 2 is 2.27 bits per heavy atom. The number of hydrogen-bond acceptors (Lipinski definition) is 4. The second-order valence-corrected chi connectivity index (χ2v) is 3.89. The fourth-order valence-corrected chi connectivity index (χ4v) is 0.983. The van der Waals surface area contributed by atoms with E-state index in [1.807, 2.05) is 0 Å². The van der Waals surface area contributed by atoms with Crippen LogP contribution in [0.1, 0.15) is 13.3 Å². The van der Waals surface area contributed by atoms with Crippen molar-refractivity contribution >= 4 is 16.6 Å². The molecule has 0 spiro atoms. The average Bonchev–Trinajstić information content (AvgIpc) is 1.87. The molecule has 0 aromatic carbocycles. The molecule has 0 aliphatic heterocycles. The monoisotopic (exact) mass is 180 g/mol. The topological polar surface area (TPSA) is 104 Å². The predicted octanol–water partition coefficient (Wildman–Crippen LogP) is -0.580. The molecule has 0 fully saturated rings. The summed E-state index contributed by atoms with van der Waals surface area (Å²) < 4.78 is 17.2. The van der Waals surface area contributed by atoms with Crippen molar-refractivity contribution in [2.45, 2.75) is 24.6 Å². The Kier molecular flexibility index (Phi) is 4.06. The Balaban J connectivity index is 3.94. The van der Waals surface area contributed by atoms with Crippen molar-refractivity contribution < 1.29 is 14.1 Å². The number of carbonyl (C=O) groups is 1. The van der Waals surface area contributed by atoms with Crippen LogP contribution in [0.25, 0.3) is 0 Å². The minimum absolute atomic E-state index is 0.0913. The molecule has 66 valence electrons. The Morgan fingerprint density at radius 3 is 2.55 bits per heavy atom. The third kappa shape index (κ3) is 3.94. The lowest BCUT2D eigenvalue weighted by atomic mass is 10.2. The number of aliphatic carboxylic acids is 1. The minimum Gasteiger partial charge on any atom is -0.480 e. The van der Waals surface area contributed by atoms with Gasteiger partial charge in [0, 0.05) is 15.8 Å². The van der Waals surface area contributed by atoms with Crippen LogP contribution in [0.5, 0.6) is 0 Å². The normalized spacial score (nSPS) is 18.7. The van der Waals surface area contributed by atoms with Crippen LogP contribution in [-0.2, 0) is 15.4 Å². The molecule has 0 heterocycles. The summed E-state index contributed by atoms with van der Waals surface area (Å²) in [6.45, 7) is 1.55. The van der Waals surface area contributed by atoms with Crippen molar-refractivity contribution in [2.75, 3.05) is 0 Å². The maximum atomic E-state index is 10.5. The van der Waals surface area contributed by atoms with Crippen LogP contribution < -0.4 is 5.73 Å². The first-order chi connectivity index (χ1) is 4.95. The van der Waals surface area contributed by atoms with Crippen molar-refractivity contribution in [3.63, 3.8) is 0 Å². The van der Waals surface area contributed by atoms with Gasteiger partial charge in [-0.1, -0.05) is 6.92 Å². The lowest BCUT2D eigenvalue weighted by molar-refractivity contribution is -0.138. The number of thiol groups is 1. The molecule has 0 saturated carbocycles. The summed E-state index contributed by atoms with van der Waals surface area (Å²) >= 11 is 0. The number of nitrogens with two attached hydrogens (primary N) is 1. The molecular formula is C5H12N2O3S. The zero-order valence-electron chi connectivity index (χ0n) is 6.15. The van der Waals surface area contributed by atoms with Crippen LogP contribution in [0.15, 0.2) is 0 Å². The average molecular weight is 180 g/mol. The van der Waals surface area contributed by atoms with Gasteiger partial charge in [0.1, 0.15) is 6.04 Å². The van der Waals surface area contributed by atoms with Gasteiger partial charge < -0.3 is 10.8 Å². The van der Waals surface area contributed by atoms with Gasteiger partial charge >= 0.3 is 5.97 Å². The molecular weight excluding hydrogens is 168 g/mol. The summed E-state index contributed by atoms with van der Waals surface area (Å²) in [5.74, 6) is -1.12. The first kappa shape index (κ1) is 10.4. The highest BCUT2D eigenvalue weighted by Gasteiger charge is 2.15. The lowest BCUT2D eigenvalue weighted by Crippen LogP contribution is -2.33. The summed E-state index contributed by atoms with van der Waals surface area (Å²) in [4.78, 5) is 10.2. The molecule has 5 nitrogen and oxygen atoms in total. The second kappa shape index (κ2) is 4.30. The number of carboxylic acids is 1. The van der Waals surface area contributed by atoms with Gasteiger partial charge in [-0.15, -0.1) is 0 Å². The van der Waals surface area contributed by atoms with Crippen LogP contribution in [-0.4, -0.2) is 26.6 Å². The van der Waals surface area contributed by atoms with E-state index in [0.29, 0.717) is 0 Å². The van der Waals surface area contributed by atoms with Gasteiger partial charge in [-0.3, -0.25) is 13.8 Å². The molecule has 0 rings (SSSR count). The zero-order valence-corrected chi connectivity index (χ0v) is 7.04. The van der Waals surface area contributed by atoms with Gasteiger partial charge in [-0.25, -0.2) is 0 Å². The molecule has 0 saturated heterocycles. The largest absolute Gasteiger partial charge is 0.480 e. The lowest BCUT2D eigenvalue weighted by Gasteiger charge is -2.08. The molecule has 0 bridgehead atoms. The van der Waals surface area contributed by atoms with Gasteiger partial charge in [0.15, 0.2) is 0 Å². The second-order valence-electron chi connectivity index (χ2n) is 2.36. The molecule has 3 atom stereocenters. The first-order valence-electron chi connectivity index (χ1n) is 3.11. The SMILES string of the molecule is C[C@@H](C[C@H](N)C(=O)O)[SH](=N)=O. The molecule has 0 aliphatic carbocycles. The first-order valence-corrected chi connectivity index (χ1v) is 4.44. The van der Waals surface area contributed by atoms with E-state index in [1.54, 1.807) is 6.92 Å². The smallest absolute Gasteiger partial charge is 0.320 e. The van der Waals surface area contributed by atoms with Crippen molar-refractivity contribution in [2.24, 2.45) is 5.73 Å². The molecule has 11 heavy (non-hydrogen) atoms. The molecule has 0 radical (unpaired) electrons. The third-order valence-electron chi connectivity index (χ3n) is 1.31. The highest BCUT2D eigenvalue weighted by molar-refractivity contribution is 7.74. The van der Waals surface area contributed by atoms with Crippen LogP contribution >= 0.6 is 0 Å². The summed E-state index contributed by atoms with van der Waals surface area (Å²) in [6, 6.07) is -1.01. The van der Waals surface area contributed by atoms with Crippen LogP contribution in [0, 0.1) is 4.78 Å². The molecule has 0 aromatic rings. The zero-order chi connectivity index (χ0) is 9.02. The van der Waals surface area contributed by atoms with Crippen LogP contribution in [0.4, 0.5) is 0 Å². The Morgan fingerprint density at radius 1 is 1.82 bits per heavy atom. The fourth-order valence-electron chi connectivity index (χ4n) is 0.564. The standard InChI is InChI=1S/C5H12N2O3S/c1-3(11(7)10)2-4(6)5(8)9/h3-4,7,11H,2,6H2,1H3,(H,8,9)/t3-,4-/m0/s1. The molecule has 6 heteroatoms. The summed E-state index contributed by atoms with van der Waals surface area (Å²) in [5.41, 5.74) is 5.14. The Bertz CT molecular complexity index is 206. The van der Waals surface area contributed by atoms with Crippen LogP contribution in [0.3, 0.4) is 0 Å². The van der Waals surface area contributed by atoms with E-state index in [0.717, 1.165) is 0 Å². The Labute approximate surface area is 66.6 Å². The molecule has 4 N–H and O–H groups in total. The molecule has 1 unspecified atom stereocenters. The molecule has 0 aromatic heterocycles. The van der Waals surface area contributed by atoms with Gasteiger partial charge in [0.25, 0.3) is 0 Å². The van der Waals surface area contributed by atoms with E-state index >= 15 is 0 Å². The minimum atomic E-state index is -2.06. The van der Waals surface area contributed by atoms with E-state index in [2.05, 4.69) is 0 Å². The highest BCUT2D eigenvalue weighted by Crippen LogP contribution is 1.99. The maximum absolute atomic E-state index is 10.5. The quantitative estimate of drug-likeness (QED) is 0.434. The van der Waals surface area contributed by atoms with E-state index in [-0.39, 0.29) is 6.42 Å². The number of hydrogen-bond donors (Lipinski definition) is 4. The van der Waals surface area contributed by atoms with E-state index in [1.165, 1.54) is 0 Å².